The third-order valence-electron chi connectivity index (χ3n) is 5.60. The molecule has 1 amide bonds. The standard InChI is InChI=1S/C23H23N5O2S/c1-27(2)17-10-11-28(14-17)23-25-18-9-8-16(12-21(18)31-23)24-22(29)19-13-20(30-26-19)15-6-4-3-5-7-15/h3-9,12-13,17H,10-11,14H2,1-2H3,(H,24,29). The van der Waals surface area contributed by atoms with Crippen LogP contribution in [0.5, 0.6) is 0 Å². The summed E-state index contributed by atoms with van der Waals surface area (Å²) in [7, 11) is 4.25. The van der Waals surface area contributed by atoms with Crippen molar-refractivity contribution in [3.05, 3.63) is 60.3 Å². The Balaban J connectivity index is 1.31. The number of fused-ring (bicyclic) bond motifs is 1. The van der Waals surface area contributed by atoms with Crippen LogP contribution in [0.3, 0.4) is 0 Å². The lowest BCUT2D eigenvalue weighted by Crippen LogP contribution is -2.31. The van der Waals surface area contributed by atoms with Crippen molar-refractivity contribution in [1.82, 2.24) is 15.0 Å². The van der Waals surface area contributed by atoms with Crippen LogP contribution in [0.25, 0.3) is 21.5 Å². The molecule has 0 aliphatic carbocycles. The van der Waals surface area contributed by atoms with Gasteiger partial charge in [0.05, 0.1) is 10.2 Å². The molecule has 158 valence electrons. The molecule has 0 spiro atoms. The predicted molar refractivity (Wildman–Crippen MR) is 124 cm³/mol. The number of likely N-dealkylation sites (N-methyl/N-ethyl adjacent to an activating group) is 1. The number of nitrogens with one attached hydrogen (secondary N) is 1. The third-order valence-corrected chi connectivity index (χ3v) is 6.68. The number of anilines is 2. The SMILES string of the molecule is CN(C)C1CCN(c2nc3ccc(NC(=O)c4cc(-c5ccccc5)on4)cc3s2)C1. The predicted octanol–water partition coefficient (Wildman–Crippen LogP) is 4.34. The number of carbonyl (C=O) groups is 1. The number of hydrogen-bond donors (Lipinski definition) is 1. The van der Waals surface area contributed by atoms with Crippen LogP contribution in [0.4, 0.5) is 10.8 Å². The van der Waals surface area contributed by atoms with Gasteiger partial charge < -0.3 is 19.6 Å². The van der Waals surface area contributed by atoms with Gasteiger partial charge in [0.15, 0.2) is 16.6 Å². The van der Waals surface area contributed by atoms with Crippen molar-refractivity contribution in [2.45, 2.75) is 12.5 Å². The molecule has 0 saturated carbocycles. The number of amides is 1. The Labute approximate surface area is 184 Å². The fourth-order valence-corrected chi connectivity index (χ4v) is 4.82. The van der Waals surface area contributed by atoms with E-state index >= 15 is 0 Å². The lowest BCUT2D eigenvalue weighted by molar-refractivity contribution is 0.101. The zero-order valence-corrected chi connectivity index (χ0v) is 18.2. The van der Waals surface area contributed by atoms with Gasteiger partial charge in [-0.25, -0.2) is 4.98 Å². The van der Waals surface area contributed by atoms with E-state index in [1.807, 2.05) is 48.5 Å². The second-order valence-electron chi connectivity index (χ2n) is 7.93. The van der Waals surface area contributed by atoms with Gasteiger partial charge in [-0.1, -0.05) is 46.8 Å². The quantitative estimate of drug-likeness (QED) is 0.505. The van der Waals surface area contributed by atoms with Crippen molar-refractivity contribution < 1.29 is 9.32 Å². The normalized spacial score (nSPS) is 16.4. The van der Waals surface area contributed by atoms with Crippen molar-refractivity contribution in [1.29, 1.82) is 0 Å². The number of hydrogen-bond acceptors (Lipinski definition) is 7. The van der Waals surface area contributed by atoms with E-state index < -0.39 is 0 Å². The Kier molecular flexibility index (Phi) is 5.17. The van der Waals surface area contributed by atoms with Crippen LogP contribution >= 0.6 is 11.3 Å². The molecule has 7 nitrogen and oxygen atoms in total. The molecular formula is C23H23N5O2S. The summed E-state index contributed by atoms with van der Waals surface area (Å²) in [5.41, 5.74) is 2.78. The lowest BCUT2D eigenvalue weighted by atomic mass is 10.1. The number of nitrogens with zero attached hydrogens (tertiary/aromatic N) is 4. The molecular weight excluding hydrogens is 410 g/mol. The summed E-state index contributed by atoms with van der Waals surface area (Å²) in [4.78, 5) is 22.1. The highest BCUT2D eigenvalue weighted by Gasteiger charge is 2.26. The topological polar surface area (TPSA) is 74.5 Å². The van der Waals surface area contributed by atoms with E-state index in [9.17, 15) is 4.79 Å². The summed E-state index contributed by atoms with van der Waals surface area (Å²) >= 11 is 1.66. The molecule has 0 radical (unpaired) electrons. The maximum Gasteiger partial charge on any atom is 0.277 e. The van der Waals surface area contributed by atoms with Crippen LogP contribution in [-0.4, -0.2) is 54.2 Å². The average Bonchev–Trinajstić information content (AvgIpc) is 3.52. The average molecular weight is 434 g/mol. The molecule has 5 rings (SSSR count). The van der Waals surface area contributed by atoms with E-state index in [4.69, 9.17) is 9.51 Å². The second-order valence-corrected chi connectivity index (χ2v) is 8.94. The monoisotopic (exact) mass is 433 g/mol. The first-order valence-corrected chi connectivity index (χ1v) is 11.0. The Morgan fingerprint density at radius 2 is 2.03 bits per heavy atom. The molecule has 0 bridgehead atoms. The Morgan fingerprint density at radius 1 is 1.19 bits per heavy atom. The van der Waals surface area contributed by atoms with Gasteiger partial charge in [0, 0.05) is 36.4 Å². The summed E-state index contributed by atoms with van der Waals surface area (Å²) in [5.74, 6) is 0.262. The van der Waals surface area contributed by atoms with Crippen molar-refractivity contribution in [2.75, 3.05) is 37.4 Å². The highest BCUT2D eigenvalue weighted by atomic mass is 32.1. The zero-order chi connectivity index (χ0) is 21.4. The summed E-state index contributed by atoms with van der Waals surface area (Å²) in [5, 5.41) is 7.87. The van der Waals surface area contributed by atoms with Crippen LogP contribution < -0.4 is 10.2 Å². The van der Waals surface area contributed by atoms with Gasteiger partial charge in [-0.15, -0.1) is 0 Å². The molecule has 2 aromatic heterocycles. The van der Waals surface area contributed by atoms with Gasteiger partial charge in [0.2, 0.25) is 0 Å². The minimum absolute atomic E-state index is 0.246. The van der Waals surface area contributed by atoms with Crippen molar-refractivity contribution in [2.24, 2.45) is 0 Å². The van der Waals surface area contributed by atoms with Crippen molar-refractivity contribution in [3.63, 3.8) is 0 Å². The fourth-order valence-electron chi connectivity index (χ4n) is 3.78. The number of benzene rings is 2. The maximum absolute atomic E-state index is 12.7. The molecule has 3 heterocycles. The first-order chi connectivity index (χ1) is 15.1. The number of thiazole rings is 1. The molecule has 1 N–H and O–H groups in total. The first-order valence-electron chi connectivity index (χ1n) is 10.2. The molecule has 1 aliphatic rings. The number of carbonyl (C=O) groups excluding carboxylic acids is 1. The van der Waals surface area contributed by atoms with Gasteiger partial charge in [0.25, 0.3) is 5.91 Å². The largest absolute Gasteiger partial charge is 0.355 e. The molecule has 8 heteroatoms. The smallest absolute Gasteiger partial charge is 0.277 e. The first kappa shape index (κ1) is 19.7. The molecule has 31 heavy (non-hydrogen) atoms. The van der Waals surface area contributed by atoms with E-state index in [0.717, 1.165) is 40.4 Å². The highest BCUT2D eigenvalue weighted by Crippen LogP contribution is 2.33. The van der Waals surface area contributed by atoms with Gasteiger partial charge >= 0.3 is 0 Å². The summed E-state index contributed by atoms with van der Waals surface area (Å²) < 4.78 is 6.39. The summed E-state index contributed by atoms with van der Waals surface area (Å²) in [6.07, 6.45) is 1.15. The van der Waals surface area contributed by atoms with E-state index in [1.165, 1.54) is 0 Å². The maximum atomic E-state index is 12.7. The Bertz CT molecular complexity index is 1220. The molecule has 1 atom stereocenters. The Hall–Kier alpha value is -3.23. The van der Waals surface area contributed by atoms with Gasteiger partial charge in [0.1, 0.15) is 0 Å². The van der Waals surface area contributed by atoms with Gasteiger partial charge in [-0.2, -0.15) is 0 Å². The fraction of sp³-hybridized carbons (Fsp3) is 0.261. The van der Waals surface area contributed by atoms with E-state index in [0.29, 0.717) is 17.5 Å². The van der Waals surface area contributed by atoms with Crippen LogP contribution in [0, 0.1) is 0 Å². The molecule has 1 unspecified atom stereocenters. The highest BCUT2D eigenvalue weighted by molar-refractivity contribution is 7.22. The van der Waals surface area contributed by atoms with E-state index in [2.05, 4.69) is 34.4 Å². The lowest BCUT2D eigenvalue weighted by Gasteiger charge is -2.19. The summed E-state index contributed by atoms with van der Waals surface area (Å²) in [6, 6.07) is 17.6. The van der Waals surface area contributed by atoms with Crippen LogP contribution in [0.15, 0.2) is 59.1 Å². The Morgan fingerprint density at radius 3 is 2.81 bits per heavy atom. The zero-order valence-electron chi connectivity index (χ0n) is 17.4. The minimum Gasteiger partial charge on any atom is -0.355 e. The van der Waals surface area contributed by atoms with Crippen LogP contribution in [0.2, 0.25) is 0 Å². The second kappa shape index (κ2) is 8.13. The third kappa shape index (κ3) is 4.04. The number of aromatic nitrogens is 2. The van der Waals surface area contributed by atoms with Crippen molar-refractivity contribution >= 4 is 38.3 Å². The molecule has 2 aromatic carbocycles. The van der Waals surface area contributed by atoms with Crippen LogP contribution in [-0.2, 0) is 0 Å². The van der Waals surface area contributed by atoms with E-state index in [-0.39, 0.29) is 11.6 Å². The molecule has 1 aliphatic heterocycles. The molecule has 4 aromatic rings. The van der Waals surface area contributed by atoms with Gasteiger partial charge in [-0.3, -0.25) is 4.79 Å². The minimum atomic E-state index is -0.302. The van der Waals surface area contributed by atoms with E-state index in [1.54, 1.807) is 17.4 Å². The van der Waals surface area contributed by atoms with Crippen LogP contribution in [0.1, 0.15) is 16.9 Å². The van der Waals surface area contributed by atoms with Crippen molar-refractivity contribution in [3.8, 4) is 11.3 Å². The molecule has 1 fully saturated rings. The van der Waals surface area contributed by atoms with Gasteiger partial charge in [-0.05, 0) is 38.7 Å². The number of rotatable bonds is 5. The molecule has 1 saturated heterocycles. The summed E-state index contributed by atoms with van der Waals surface area (Å²) in [6.45, 7) is 2.01.